The highest BCUT2D eigenvalue weighted by Gasteiger charge is 2.29. The molecule has 0 aromatic rings. The van der Waals surface area contributed by atoms with E-state index in [4.69, 9.17) is 11.6 Å². The summed E-state index contributed by atoms with van der Waals surface area (Å²) in [5.74, 6) is 2.88. The minimum Gasteiger partial charge on any atom is -0.299 e. The molecule has 1 aliphatic rings. The summed E-state index contributed by atoms with van der Waals surface area (Å²) < 4.78 is 0. The van der Waals surface area contributed by atoms with Gasteiger partial charge in [-0.2, -0.15) is 11.8 Å². The molecule has 2 unspecified atom stereocenters. The number of thioether (sulfide) groups is 1. The van der Waals surface area contributed by atoms with Gasteiger partial charge in [0.15, 0.2) is 0 Å². The number of rotatable bonds is 5. The minimum absolute atomic E-state index is 0.642. The maximum absolute atomic E-state index is 5.96. The lowest BCUT2D eigenvalue weighted by molar-refractivity contribution is 0.251. The molecule has 0 aromatic heterocycles. The average molecular weight is 222 g/mol. The molecule has 1 nitrogen and oxygen atoms in total. The number of likely N-dealkylation sites (tertiary alicyclic amines) is 1. The topological polar surface area (TPSA) is 3.24 Å². The van der Waals surface area contributed by atoms with Crippen LogP contribution < -0.4 is 0 Å². The van der Waals surface area contributed by atoms with Crippen LogP contribution >= 0.6 is 23.4 Å². The first-order valence-electron chi connectivity index (χ1n) is 5.08. The predicted molar refractivity (Wildman–Crippen MR) is 62.9 cm³/mol. The Bertz CT molecular complexity index is 143. The van der Waals surface area contributed by atoms with Gasteiger partial charge in [-0.05, 0) is 43.9 Å². The van der Waals surface area contributed by atoms with Crippen molar-refractivity contribution < 1.29 is 0 Å². The Labute approximate surface area is 91.2 Å². The molecule has 1 rings (SSSR count). The molecule has 0 aromatic carbocycles. The first-order valence-corrected chi connectivity index (χ1v) is 7.01. The summed E-state index contributed by atoms with van der Waals surface area (Å²) in [6, 6.07) is 0.642. The maximum Gasteiger partial charge on any atom is 0.0382 e. The van der Waals surface area contributed by atoms with Crippen molar-refractivity contribution in [1.29, 1.82) is 0 Å². The Morgan fingerprint density at radius 2 is 2.31 bits per heavy atom. The van der Waals surface area contributed by atoms with E-state index in [1.807, 2.05) is 11.8 Å². The molecule has 1 aliphatic heterocycles. The van der Waals surface area contributed by atoms with Crippen LogP contribution in [0, 0.1) is 5.92 Å². The van der Waals surface area contributed by atoms with Gasteiger partial charge in [-0.3, -0.25) is 4.90 Å². The first-order chi connectivity index (χ1) is 6.29. The second-order valence-corrected chi connectivity index (χ2v) is 5.16. The van der Waals surface area contributed by atoms with Crippen molar-refractivity contribution >= 4 is 23.4 Å². The SMILES string of the molecule is CSCCCN1CCC(C)C1CCl. The number of nitrogens with zero attached hydrogens (tertiary/aromatic N) is 1. The fraction of sp³-hybridized carbons (Fsp3) is 1.00. The molecule has 0 amide bonds. The van der Waals surface area contributed by atoms with Crippen LogP contribution in [0.25, 0.3) is 0 Å². The van der Waals surface area contributed by atoms with Gasteiger partial charge in [-0.1, -0.05) is 6.92 Å². The molecule has 0 bridgehead atoms. The van der Waals surface area contributed by atoms with Crippen molar-refractivity contribution in [3.8, 4) is 0 Å². The highest BCUT2D eigenvalue weighted by Crippen LogP contribution is 2.24. The van der Waals surface area contributed by atoms with Gasteiger partial charge in [0.05, 0.1) is 0 Å². The van der Waals surface area contributed by atoms with Gasteiger partial charge in [0.25, 0.3) is 0 Å². The first kappa shape index (κ1) is 11.7. The van der Waals surface area contributed by atoms with Gasteiger partial charge in [0.1, 0.15) is 0 Å². The van der Waals surface area contributed by atoms with Gasteiger partial charge >= 0.3 is 0 Å². The smallest absolute Gasteiger partial charge is 0.0382 e. The molecule has 13 heavy (non-hydrogen) atoms. The average Bonchev–Trinajstić information content (AvgIpc) is 2.47. The van der Waals surface area contributed by atoms with E-state index in [1.165, 1.54) is 31.7 Å². The summed E-state index contributed by atoms with van der Waals surface area (Å²) in [4.78, 5) is 2.56. The fourth-order valence-corrected chi connectivity index (χ4v) is 2.94. The predicted octanol–water partition coefficient (Wildman–Crippen LogP) is 2.69. The summed E-state index contributed by atoms with van der Waals surface area (Å²) in [5.41, 5.74) is 0. The van der Waals surface area contributed by atoms with Crippen LogP contribution in [0.15, 0.2) is 0 Å². The van der Waals surface area contributed by atoms with E-state index >= 15 is 0 Å². The molecule has 3 heteroatoms. The Kier molecular flexibility index (Phi) is 5.52. The number of alkyl halides is 1. The largest absolute Gasteiger partial charge is 0.299 e. The lowest BCUT2D eigenvalue weighted by atomic mass is 10.1. The van der Waals surface area contributed by atoms with E-state index in [2.05, 4.69) is 18.1 Å². The molecule has 0 saturated carbocycles. The van der Waals surface area contributed by atoms with Crippen molar-refractivity contribution in [2.24, 2.45) is 5.92 Å². The quantitative estimate of drug-likeness (QED) is 0.519. The molecule has 0 aliphatic carbocycles. The monoisotopic (exact) mass is 221 g/mol. The zero-order valence-electron chi connectivity index (χ0n) is 8.63. The van der Waals surface area contributed by atoms with Crippen molar-refractivity contribution in [2.45, 2.75) is 25.8 Å². The molecule has 1 saturated heterocycles. The number of hydrogen-bond donors (Lipinski definition) is 0. The van der Waals surface area contributed by atoms with Gasteiger partial charge in [0.2, 0.25) is 0 Å². The third kappa shape index (κ3) is 3.34. The summed E-state index contributed by atoms with van der Waals surface area (Å²) in [6.45, 7) is 4.82. The molecule has 0 N–H and O–H groups in total. The Morgan fingerprint density at radius 3 is 2.92 bits per heavy atom. The standard InChI is InChI=1S/C10H20ClNS/c1-9-4-6-12(10(9)8-11)5-3-7-13-2/h9-10H,3-8H2,1-2H3. The van der Waals surface area contributed by atoms with Crippen LogP contribution in [0.3, 0.4) is 0 Å². The summed E-state index contributed by atoms with van der Waals surface area (Å²) in [5, 5.41) is 0. The van der Waals surface area contributed by atoms with Crippen LogP contribution in [-0.4, -0.2) is 41.9 Å². The molecular weight excluding hydrogens is 202 g/mol. The third-order valence-corrected chi connectivity index (χ3v) is 3.96. The van der Waals surface area contributed by atoms with Gasteiger partial charge in [-0.15, -0.1) is 11.6 Å². The minimum atomic E-state index is 0.642. The van der Waals surface area contributed by atoms with E-state index in [0.717, 1.165) is 11.8 Å². The fourth-order valence-electron chi connectivity index (χ4n) is 2.03. The Balaban J connectivity index is 2.24. The molecular formula is C10H20ClNS. The van der Waals surface area contributed by atoms with Crippen molar-refractivity contribution in [3.63, 3.8) is 0 Å². The molecule has 1 fully saturated rings. The third-order valence-electron chi connectivity index (χ3n) is 2.95. The lowest BCUT2D eigenvalue weighted by Crippen LogP contribution is -2.34. The van der Waals surface area contributed by atoms with Gasteiger partial charge in [0, 0.05) is 11.9 Å². The highest BCUT2D eigenvalue weighted by molar-refractivity contribution is 7.98. The second-order valence-electron chi connectivity index (χ2n) is 3.87. The zero-order chi connectivity index (χ0) is 9.68. The van der Waals surface area contributed by atoms with E-state index in [-0.39, 0.29) is 0 Å². The highest BCUT2D eigenvalue weighted by atomic mass is 35.5. The summed E-state index contributed by atoms with van der Waals surface area (Å²) in [6.07, 6.45) is 4.81. The molecule has 78 valence electrons. The van der Waals surface area contributed by atoms with E-state index < -0.39 is 0 Å². The van der Waals surface area contributed by atoms with Crippen LogP contribution in [0.2, 0.25) is 0 Å². The number of halogens is 1. The molecule has 0 radical (unpaired) electrons. The molecule has 2 atom stereocenters. The van der Waals surface area contributed by atoms with Crippen molar-refractivity contribution in [1.82, 2.24) is 4.90 Å². The Hall–Kier alpha value is 0.600. The Morgan fingerprint density at radius 1 is 1.54 bits per heavy atom. The van der Waals surface area contributed by atoms with E-state index in [1.54, 1.807) is 0 Å². The summed E-state index contributed by atoms with van der Waals surface area (Å²) >= 11 is 7.90. The zero-order valence-corrected chi connectivity index (χ0v) is 10.2. The van der Waals surface area contributed by atoms with E-state index in [9.17, 15) is 0 Å². The molecule has 1 heterocycles. The van der Waals surface area contributed by atoms with Crippen LogP contribution in [0.1, 0.15) is 19.8 Å². The molecule has 0 spiro atoms. The van der Waals surface area contributed by atoms with Crippen LogP contribution in [-0.2, 0) is 0 Å². The maximum atomic E-state index is 5.96. The van der Waals surface area contributed by atoms with E-state index in [0.29, 0.717) is 6.04 Å². The van der Waals surface area contributed by atoms with Crippen LogP contribution in [0.5, 0.6) is 0 Å². The van der Waals surface area contributed by atoms with Crippen molar-refractivity contribution in [3.05, 3.63) is 0 Å². The normalized spacial score (nSPS) is 29.8. The lowest BCUT2D eigenvalue weighted by Gasteiger charge is -2.24. The van der Waals surface area contributed by atoms with Crippen LogP contribution in [0.4, 0.5) is 0 Å². The second kappa shape index (κ2) is 6.15. The van der Waals surface area contributed by atoms with Crippen molar-refractivity contribution in [2.75, 3.05) is 31.0 Å². The van der Waals surface area contributed by atoms with Gasteiger partial charge < -0.3 is 0 Å². The number of hydrogen-bond acceptors (Lipinski definition) is 2. The van der Waals surface area contributed by atoms with Gasteiger partial charge in [-0.25, -0.2) is 0 Å². The summed E-state index contributed by atoms with van der Waals surface area (Å²) in [7, 11) is 0.